The Labute approximate surface area is 143 Å². The van der Waals surface area contributed by atoms with Crippen LogP contribution in [0.3, 0.4) is 0 Å². The Morgan fingerprint density at radius 1 is 1.04 bits per heavy atom. The maximum Gasteiger partial charge on any atom is 0.441 e. The Hall–Kier alpha value is -2.77. The van der Waals surface area contributed by atoms with Crippen LogP contribution < -0.4 is 10.6 Å². The van der Waals surface area contributed by atoms with E-state index in [0.717, 1.165) is 12.7 Å². The minimum absolute atomic E-state index is 0.105. The lowest BCUT2D eigenvalue weighted by atomic mass is 10.1. The van der Waals surface area contributed by atoms with E-state index in [-0.39, 0.29) is 11.5 Å². The zero-order valence-electron chi connectivity index (χ0n) is 13.9. The molecule has 2 aromatic rings. The molecule has 0 aliphatic carbocycles. The summed E-state index contributed by atoms with van der Waals surface area (Å²) in [5, 5.41) is 4.39. The highest BCUT2D eigenvalue weighted by atomic mass is 19.4. The number of halogens is 3. The molecule has 0 saturated carbocycles. The monoisotopic (exact) mass is 353 g/mol. The summed E-state index contributed by atoms with van der Waals surface area (Å²) in [5.74, 6) is -1.63. The largest absolute Gasteiger partial charge is 0.466 e. The van der Waals surface area contributed by atoms with Gasteiger partial charge in [-0.25, -0.2) is 9.78 Å². The molecule has 0 bridgehead atoms. The van der Waals surface area contributed by atoms with Gasteiger partial charge < -0.3 is 15.4 Å². The summed E-state index contributed by atoms with van der Waals surface area (Å²) in [6, 6.07) is 9.19. The Bertz CT molecular complexity index is 748. The van der Waals surface area contributed by atoms with E-state index in [2.05, 4.69) is 20.4 Å². The molecule has 0 amide bonds. The minimum atomic E-state index is -5.00. The fraction of sp³-hybridized carbons (Fsp3) is 0.294. The number of hydrogen-bond acceptors (Lipinski definition) is 5. The maximum atomic E-state index is 13.9. The van der Waals surface area contributed by atoms with Crippen LogP contribution in [0.25, 0.3) is 0 Å². The fourth-order valence-corrected chi connectivity index (χ4v) is 2.19. The first kappa shape index (κ1) is 18.6. The van der Waals surface area contributed by atoms with Crippen molar-refractivity contribution in [3.05, 3.63) is 53.7 Å². The first-order chi connectivity index (χ1) is 11.7. The summed E-state index contributed by atoms with van der Waals surface area (Å²) in [6.45, 7) is 3.50. The van der Waals surface area contributed by atoms with Crippen LogP contribution in [0.4, 0.5) is 24.7 Å². The van der Waals surface area contributed by atoms with Gasteiger partial charge in [0.1, 0.15) is 5.82 Å². The van der Waals surface area contributed by atoms with Crippen LogP contribution in [-0.4, -0.2) is 29.9 Å². The lowest BCUT2D eigenvalue weighted by Crippen LogP contribution is -2.64. The van der Waals surface area contributed by atoms with E-state index in [0.29, 0.717) is 5.56 Å². The Kier molecular flexibility index (Phi) is 5.20. The van der Waals surface area contributed by atoms with Crippen molar-refractivity contribution < 1.29 is 22.7 Å². The first-order valence-electron chi connectivity index (χ1n) is 7.39. The van der Waals surface area contributed by atoms with E-state index in [1.54, 1.807) is 32.0 Å². The minimum Gasteiger partial charge on any atom is -0.466 e. The van der Waals surface area contributed by atoms with Crippen LogP contribution >= 0.6 is 0 Å². The van der Waals surface area contributed by atoms with Crippen molar-refractivity contribution in [1.29, 1.82) is 0 Å². The molecule has 1 heterocycles. The second-order valence-corrected chi connectivity index (χ2v) is 5.57. The number of hydrogen-bond donors (Lipinski definition) is 2. The number of rotatable bonds is 5. The van der Waals surface area contributed by atoms with E-state index in [4.69, 9.17) is 0 Å². The number of aryl methyl sites for hydroxylation is 2. The molecule has 8 heteroatoms. The van der Waals surface area contributed by atoms with Crippen molar-refractivity contribution >= 4 is 17.5 Å². The molecular weight excluding hydrogens is 335 g/mol. The molecular formula is C17H18F3N3O2. The Morgan fingerprint density at radius 3 is 2.20 bits per heavy atom. The summed E-state index contributed by atoms with van der Waals surface area (Å²) >= 11 is 0. The highest BCUT2D eigenvalue weighted by Gasteiger charge is 2.63. The van der Waals surface area contributed by atoms with Crippen LogP contribution in [0.15, 0.2) is 42.6 Å². The van der Waals surface area contributed by atoms with Gasteiger partial charge in [0.25, 0.3) is 0 Å². The Morgan fingerprint density at radius 2 is 1.68 bits per heavy atom. The molecule has 0 spiro atoms. The topological polar surface area (TPSA) is 63.2 Å². The molecule has 134 valence electrons. The van der Waals surface area contributed by atoms with Gasteiger partial charge in [-0.2, -0.15) is 13.2 Å². The van der Waals surface area contributed by atoms with Gasteiger partial charge >= 0.3 is 17.8 Å². The highest BCUT2D eigenvalue weighted by Crippen LogP contribution is 2.35. The molecule has 0 aliphatic rings. The molecule has 1 atom stereocenters. The van der Waals surface area contributed by atoms with Crippen molar-refractivity contribution in [2.24, 2.45) is 0 Å². The zero-order chi connectivity index (χ0) is 18.7. The van der Waals surface area contributed by atoms with E-state index in [1.165, 1.54) is 24.4 Å². The average Bonchev–Trinajstić information content (AvgIpc) is 2.54. The summed E-state index contributed by atoms with van der Waals surface area (Å²) < 4.78 is 46.2. The molecule has 2 rings (SSSR count). The summed E-state index contributed by atoms with van der Waals surface area (Å²) in [6.07, 6.45) is -3.65. The lowest BCUT2D eigenvalue weighted by molar-refractivity contribution is -0.193. The smallest absolute Gasteiger partial charge is 0.441 e. The number of nitrogens with zero attached hydrogens (tertiary/aromatic N) is 1. The van der Waals surface area contributed by atoms with Crippen molar-refractivity contribution in [3.8, 4) is 0 Å². The van der Waals surface area contributed by atoms with Crippen LogP contribution in [-0.2, 0) is 9.53 Å². The molecule has 25 heavy (non-hydrogen) atoms. The van der Waals surface area contributed by atoms with Crippen LogP contribution in [0.5, 0.6) is 0 Å². The third kappa shape index (κ3) is 4.01. The van der Waals surface area contributed by atoms with Gasteiger partial charge in [-0.05, 0) is 43.7 Å². The number of pyridine rings is 1. The number of esters is 1. The number of ether oxygens (including phenoxy) is 1. The molecule has 0 aliphatic heterocycles. The second-order valence-electron chi connectivity index (χ2n) is 5.57. The number of benzene rings is 1. The van der Waals surface area contributed by atoms with E-state index in [9.17, 15) is 18.0 Å². The number of methoxy groups -OCH3 is 1. The van der Waals surface area contributed by atoms with E-state index >= 15 is 0 Å². The second kappa shape index (κ2) is 7.00. The normalized spacial score (nSPS) is 13.7. The van der Waals surface area contributed by atoms with Gasteiger partial charge in [-0.1, -0.05) is 17.7 Å². The Balaban J connectivity index is 2.51. The standard InChI is InChI=1S/C17H18F3N3O2/c1-11-4-6-13(7-5-11)22-16(15(24)25-3,17(18,19)20)23-14-10-12(2)8-9-21-14/h4-10,22H,1-3H3,(H,21,23)/t16-/m0/s1. The maximum absolute atomic E-state index is 13.9. The predicted octanol–water partition coefficient (Wildman–Crippen LogP) is 3.65. The molecule has 1 aromatic heterocycles. The summed E-state index contributed by atoms with van der Waals surface area (Å²) in [4.78, 5) is 16.0. The van der Waals surface area contributed by atoms with Crippen molar-refractivity contribution in [1.82, 2.24) is 4.98 Å². The van der Waals surface area contributed by atoms with E-state index in [1.807, 2.05) is 0 Å². The fourth-order valence-electron chi connectivity index (χ4n) is 2.19. The van der Waals surface area contributed by atoms with Gasteiger partial charge in [-0.3, -0.25) is 0 Å². The van der Waals surface area contributed by atoms with Gasteiger partial charge in [0.05, 0.1) is 7.11 Å². The number of nitrogens with one attached hydrogen (secondary N) is 2. The van der Waals surface area contributed by atoms with Crippen molar-refractivity contribution in [3.63, 3.8) is 0 Å². The average molecular weight is 353 g/mol. The number of alkyl halides is 3. The first-order valence-corrected chi connectivity index (χ1v) is 7.39. The van der Waals surface area contributed by atoms with E-state index < -0.39 is 17.8 Å². The third-order valence-corrected chi connectivity index (χ3v) is 3.53. The van der Waals surface area contributed by atoms with Crippen LogP contribution in [0.2, 0.25) is 0 Å². The van der Waals surface area contributed by atoms with Crippen molar-refractivity contribution in [2.45, 2.75) is 25.7 Å². The highest BCUT2D eigenvalue weighted by molar-refractivity contribution is 5.88. The number of carbonyl (C=O) groups excluding carboxylic acids is 1. The molecule has 2 N–H and O–H groups in total. The quantitative estimate of drug-likeness (QED) is 0.635. The molecule has 0 radical (unpaired) electrons. The third-order valence-electron chi connectivity index (χ3n) is 3.53. The van der Waals surface area contributed by atoms with Gasteiger partial charge in [0.2, 0.25) is 0 Å². The molecule has 1 aromatic carbocycles. The number of carbonyl (C=O) groups is 1. The molecule has 0 unspecified atom stereocenters. The molecule has 0 saturated heterocycles. The molecule has 0 fully saturated rings. The number of anilines is 2. The van der Waals surface area contributed by atoms with Crippen LogP contribution in [0, 0.1) is 13.8 Å². The zero-order valence-corrected chi connectivity index (χ0v) is 13.9. The lowest BCUT2D eigenvalue weighted by Gasteiger charge is -2.35. The summed E-state index contributed by atoms with van der Waals surface area (Å²) in [7, 11) is 0.894. The summed E-state index contributed by atoms with van der Waals surface area (Å²) in [5.41, 5.74) is -1.52. The molecule has 5 nitrogen and oxygen atoms in total. The van der Waals surface area contributed by atoms with Gasteiger partial charge in [0, 0.05) is 11.9 Å². The predicted molar refractivity (Wildman–Crippen MR) is 88.2 cm³/mol. The van der Waals surface area contributed by atoms with Crippen LogP contribution in [0.1, 0.15) is 11.1 Å². The number of aromatic nitrogens is 1. The SMILES string of the molecule is COC(=O)[C@](Nc1ccc(C)cc1)(Nc1cc(C)ccn1)C(F)(F)F. The van der Waals surface area contributed by atoms with Gasteiger partial charge in [0.15, 0.2) is 0 Å². The van der Waals surface area contributed by atoms with Gasteiger partial charge in [-0.15, -0.1) is 0 Å². The van der Waals surface area contributed by atoms with Crippen molar-refractivity contribution in [2.75, 3.05) is 17.7 Å².